The molecule has 1 unspecified atom stereocenters. The van der Waals surface area contributed by atoms with E-state index in [1.165, 1.54) is 6.07 Å². The van der Waals surface area contributed by atoms with Crippen molar-refractivity contribution in [3.63, 3.8) is 0 Å². The van der Waals surface area contributed by atoms with E-state index in [-0.39, 0.29) is 16.6 Å². The Hall–Kier alpha value is -1.59. The maximum Gasteiger partial charge on any atom is 0.337 e. The van der Waals surface area contributed by atoms with Crippen LogP contribution in [0.2, 0.25) is 5.02 Å². The number of carboxylic acids is 1. The van der Waals surface area contributed by atoms with Crippen molar-refractivity contribution in [2.75, 3.05) is 5.32 Å². The van der Waals surface area contributed by atoms with E-state index < -0.39 is 5.97 Å². The van der Waals surface area contributed by atoms with Crippen LogP contribution in [0.1, 0.15) is 33.2 Å². The van der Waals surface area contributed by atoms with Crippen LogP contribution in [-0.2, 0) is 0 Å². The van der Waals surface area contributed by atoms with Gasteiger partial charge in [0.2, 0.25) is 0 Å². The second kappa shape index (κ2) is 5.59. The number of thiazole rings is 1. The van der Waals surface area contributed by atoms with Gasteiger partial charge in [-0.15, -0.1) is 11.3 Å². The molecule has 0 fully saturated rings. The van der Waals surface area contributed by atoms with Crippen LogP contribution in [0.3, 0.4) is 0 Å². The number of carbonyl (C=O) groups is 1. The van der Waals surface area contributed by atoms with Crippen molar-refractivity contribution in [2.24, 2.45) is 0 Å². The standard InChI is InChI=1S/C13H13ClN2O2S/c1-7-6-15-12(19-7)8(2)16-9-3-4-10(13(17)18)11(14)5-9/h3-6,8,16H,1-2H3,(H,17,18). The molecule has 19 heavy (non-hydrogen) atoms. The summed E-state index contributed by atoms with van der Waals surface area (Å²) in [4.78, 5) is 16.3. The first kappa shape index (κ1) is 13.8. The summed E-state index contributed by atoms with van der Waals surface area (Å²) in [6.07, 6.45) is 1.83. The molecule has 0 spiro atoms. The quantitative estimate of drug-likeness (QED) is 0.896. The monoisotopic (exact) mass is 296 g/mol. The van der Waals surface area contributed by atoms with E-state index in [4.69, 9.17) is 16.7 Å². The van der Waals surface area contributed by atoms with E-state index in [0.29, 0.717) is 0 Å². The third-order valence-corrected chi connectivity index (χ3v) is 4.00. The minimum absolute atomic E-state index is 0.0467. The Bertz CT molecular complexity index is 612. The second-order valence-corrected chi connectivity index (χ2v) is 5.85. The van der Waals surface area contributed by atoms with E-state index in [2.05, 4.69) is 10.3 Å². The molecule has 0 aliphatic heterocycles. The molecule has 0 aliphatic carbocycles. The molecule has 1 aromatic heterocycles. The molecule has 2 rings (SSSR count). The number of aromatic carboxylic acids is 1. The summed E-state index contributed by atoms with van der Waals surface area (Å²) in [7, 11) is 0. The van der Waals surface area contributed by atoms with Crippen molar-refractivity contribution >= 4 is 34.6 Å². The Morgan fingerprint density at radius 3 is 2.79 bits per heavy atom. The van der Waals surface area contributed by atoms with Gasteiger partial charge in [0.1, 0.15) is 5.01 Å². The summed E-state index contributed by atoms with van der Waals surface area (Å²) in [5.74, 6) is -1.03. The maximum atomic E-state index is 10.9. The van der Waals surface area contributed by atoms with E-state index in [0.717, 1.165) is 15.6 Å². The largest absolute Gasteiger partial charge is 0.478 e. The SMILES string of the molecule is Cc1cnc(C(C)Nc2ccc(C(=O)O)c(Cl)c2)s1. The molecule has 2 N–H and O–H groups in total. The number of nitrogens with one attached hydrogen (secondary N) is 1. The molecule has 0 radical (unpaired) electrons. The molecule has 100 valence electrons. The molecule has 0 amide bonds. The fourth-order valence-corrected chi connectivity index (χ4v) is 2.70. The number of benzene rings is 1. The Kier molecular flexibility index (Phi) is 4.07. The van der Waals surface area contributed by atoms with Gasteiger partial charge >= 0.3 is 5.97 Å². The van der Waals surface area contributed by atoms with Gasteiger partial charge in [0.15, 0.2) is 0 Å². The van der Waals surface area contributed by atoms with Crippen LogP contribution in [-0.4, -0.2) is 16.1 Å². The first-order chi connectivity index (χ1) is 8.97. The lowest BCUT2D eigenvalue weighted by molar-refractivity contribution is 0.0697. The van der Waals surface area contributed by atoms with Gasteiger partial charge in [-0.3, -0.25) is 0 Å². The number of nitrogens with zero attached hydrogens (tertiary/aromatic N) is 1. The zero-order chi connectivity index (χ0) is 14.0. The van der Waals surface area contributed by atoms with Crippen LogP contribution in [0.5, 0.6) is 0 Å². The molecule has 6 heteroatoms. The van der Waals surface area contributed by atoms with Crippen LogP contribution in [0.25, 0.3) is 0 Å². The van der Waals surface area contributed by atoms with Crippen LogP contribution >= 0.6 is 22.9 Å². The second-order valence-electron chi connectivity index (χ2n) is 4.17. The van der Waals surface area contributed by atoms with Crippen molar-refractivity contribution in [1.82, 2.24) is 4.98 Å². The fraction of sp³-hybridized carbons (Fsp3) is 0.231. The number of aromatic nitrogens is 1. The molecule has 1 heterocycles. The van der Waals surface area contributed by atoms with E-state index in [1.807, 2.05) is 20.0 Å². The summed E-state index contributed by atoms with van der Waals surface area (Å²) in [5.41, 5.74) is 0.875. The van der Waals surface area contributed by atoms with Gasteiger partial charge in [-0.05, 0) is 32.0 Å². The summed E-state index contributed by atoms with van der Waals surface area (Å²) in [5, 5.41) is 13.4. The summed E-state index contributed by atoms with van der Waals surface area (Å²) in [6.45, 7) is 4.00. The van der Waals surface area contributed by atoms with Gasteiger partial charge in [0.05, 0.1) is 16.6 Å². The van der Waals surface area contributed by atoms with Crippen molar-refractivity contribution in [2.45, 2.75) is 19.9 Å². The Labute approximate surface area is 120 Å². The van der Waals surface area contributed by atoms with Crippen LogP contribution in [0.15, 0.2) is 24.4 Å². The minimum Gasteiger partial charge on any atom is -0.478 e. The molecular weight excluding hydrogens is 284 g/mol. The summed E-state index contributed by atoms with van der Waals surface area (Å²) >= 11 is 7.55. The van der Waals surface area contributed by atoms with Crippen LogP contribution in [0, 0.1) is 6.92 Å². The van der Waals surface area contributed by atoms with Crippen LogP contribution in [0.4, 0.5) is 5.69 Å². The summed E-state index contributed by atoms with van der Waals surface area (Å²) in [6, 6.07) is 4.85. The fourth-order valence-electron chi connectivity index (χ4n) is 1.66. The predicted molar refractivity (Wildman–Crippen MR) is 77.3 cm³/mol. The zero-order valence-electron chi connectivity index (χ0n) is 10.5. The molecule has 0 aliphatic rings. The number of hydrogen-bond acceptors (Lipinski definition) is 4. The zero-order valence-corrected chi connectivity index (χ0v) is 12.0. The highest BCUT2D eigenvalue weighted by Gasteiger charge is 2.12. The van der Waals surface area contributed by atoms with Crippen molar-refractivity contribution in [1.29, 1.82) is 0 Å². The Morgan fingerprint density at radius 2 is 2.26 bits per heavy atom. The van der Waals surface area contributed by atoms with Crippen molar-refractivity contribution in [3.05, 3.63) is 44.9 Å². The number of hydrogen-bond donors (Lipinski definition) is 2. The van der Waals surface area contributed by atoms with E-state index in [9.17, 15) is 4.79 Å². The molecule has 0 bridgehead atoms. The number of anilines is 1. The molecule has 1 atom stereocenters. The Morgan fingerprint density at radius 1 is 1.53 bits per heavy atom. The number of rotatable bonds is 4. The lowest BCUT2D eigenvalue weighted by atomic mass is 10.2. The highest BCUT2D eigenvalue weighted by Crippen LogP contribution is 2.26. The predicted octanol–water partition coefficient (Wildman–Crippen LogP) is 3.98. The molecule has 4 nitrogen and oxygen atoms in total. The molecular formula is C13H13ClN2O2S. The first-order valence-corrected chi connectivity index (χ1v) is 6.88. The van der Waals surface area contributed by atoms with Gasteiger partial charge < -0.3 is 10.4 Å². The van der Waals surface area contributed by atoms with Gasteiger partial charge in [0.25, 0.3) is 0 Å². The summed E-state index contributed by atoms with van der Waals surface area (Å²) < 4.78 is 0. The normalized spacial score (nSPS) is 12.2. The first-order valence-electron chi connectivity index (χ1n) is 5.69. The lowest BCUT2D eigenvalue weighted by Gasteiger charge is -2.13. The van der Waals surface area contributed by atoms with Crippen LogP contribution < -0.4 is 5.32 Å². The highest BCUT2D eigenvalue weighted by atomic mass is 35.5. The molecule has 2 aromatic rings. The maximum absolute atomic E-state index is 10.9. The number of aryl methyl sites for hydroxylation is 1. The van der Waals surface area contributed by atoms with Crippen molar-refractivity contribution < 1.29 is 9.90 Å². The van der Waals surface area contributed by atoms with Gasteiger partial charge in [-0.1, -0.05) is 11.6 Å². The average Bonchev–Trinajstić information content (AvgIpc) is 2.75. The van der Waals surface area contributed by atoms with Gasteiger partial charge in [-0.25, -0.2) is 9.78 Å². The lowest BCUT2D eigenvalue weighted by Crippen LogP contribution is -2.06. The molecule has 0 saturated carbocycles. The minimum atomic E-state index is -1.03. The number of carboxylic acid groups (broad SMARTS) is 1. The molecule has 1 aromatic carbocycles. The van der Waals surface area contributed by atoms with E-state index >= 15 is 0 Å². The third kappa shape index (κ3) is 3.24. The third-order valence-electron chi connectivity index (χ3n) is 2.59. The smallest absolute Gasteiger partial charge is 0.337 e. The number of halogens is 1. The molecule has 0 saturated heterocycles. The van der Waals surface area contributed by atoms with Crippen molar-refractivity contribution in [3.8, 4) is 0 Å². The highest BCUT2D eigenvalue weighted by molar-refractivity contribution is 7.11. The van der Waals surface area contributed by atoms with Gasteiger partial charge in [0, 0.05) is 16.8 Å². The topological polar surface area (TPSA) is 62.2 Å². The van der Waals surface area contributed by atoms with E-state index in [1.54, 1.807) is 23.5 Å². The Balaban J connectivity index is 2.15. The average molecular weight is 297 g/mol. The van der Waals surface area contributed by atoms with Gasteiger partial charge in [-0.2, -0.15) is 0 Å².